The van der Waals surface area contributed by atoms with Crippen molar-refractivity contribution in [1.82, 2.24) is 15.3 Å². The van der Waals surface area contributed by atoms with Crippen LogP contribution in [0.25, 0.3) is 0 Å². The zero-order valence-corrected chi connectivity index (χ0v) is 12.9. The monoisotopic (exact) mass is 298 g/mol. The highest BCUT2D eigenvalue weighted by atomic mass is 32.2. The van der Waals surface area contributed by atoms with E-state index in [1.165, 1.54) is 0 Å². The molecule has 1 aliphatic rings. The second kappa shape index (κ2) is 6.49. The molecule has 7 heteroatoms. The van der Waals surface area contributed by atoms with Crippen LogP contribution in [0.4, 0.5) is 5.82 Å². The minimum atomic E-state index is -2.90. The zero-order chi connectivity index (χ0) is 14.6. The Labute approximate surface area is 120 Å². The fourth-order valence-electron chi connectivity index (χ4n) is 2.35. The van der Waals surface area contributed by atoms with Gasteiger partial charge in [-0.1, -0.05) is 6.92 Å². The molecule has 0 amide bonds. The summed E-state index contributed by atoms with van der Waals surface area (Å²) in [6, 6.07) is -0.0538. The van der Waals surface area contributed by atoms with Crippen molar-refractivity contribution in [3.63, 3.8) is 0 Å². The molecule has 0 aliphatic carbocycles. The predicted octanol–water partition coefficient (Wildman–Crippen LogP) is 0.599. The second-order valence-corrected chi connectivity index (χ2v) is 7.43. The van der Waals surface area contributed by atoms with Gasteiger partial charge in [0.25, 0.3) is 0 Å². The van der Waals surface area contributed by atoms with E-state index in [0.717, 1.165) is 24.5 Å². The Balaban J connectivity index is 2.07. The molecule has 1 N–H and O–H groups in total. The van der Waals surface area contributed by atoms with Crippen LogP contribution in [0, 0.1) is 0 Å². The van der Waals surface area contributed by atoms with Crippen LogP contribution in [-0.4, -0.2) is 49.0 Å². The van der Waals surface area contributed by atoms with E-state index in [2.05, 4.69) is 22.2 Å². The average molecular weight is 298 g/mol. The summed E-state index contributed by atoms with van der Waals surface area (Å²) in [5, 5.41) is 3.29. The van der Waals surface area contributed by atoms with Crippen molar-refractivity contribution in [2.45, 2.75) is 32.9 Å². The Morgan fingerprint density at radius 3 is 2.95 bits per heavy atom. The van der Waals surface area contributed by atoms with E-state index in [9.17, 15) is 8.42 Å². The molecule has 1 fully saturated rings. The lowest BCUT2D eigenvalue weighted by Gasteiger charge is -2.34. The first-order valence-electron chi connectivity index (χ1n) is 7.00. The van der Waals surface area contributed by atoms with Crippen molar-refractivity contribution in [2.75, 3.05) is 29.5 Å². The minimum Gasteiger partial charge on any atom is -0.351 e. The van der Waals surface area contributed by atoms with Gasteiger partial charge in [0.05, 0.1) is 23.4 Å². The van der Waals surface area contributed by atoms with Gasteiger partial charge in [0, 0.05) is 25.3 Å². The molecule has 1 atom stereocenters. The SMILES string of the molecule is CCCNCc1cncc(N2CCS(=O)(=O)CC2C)n1. The largest absolute Gasteiger partial charge is 0.351 e. The van der Waals surface area contributed by atoms with Gasteiger partial charge in [0.15, 0.2) is 9.84 Å². The molecule has 0 bridgehead atoms. The van der Waals surface area contributed by atoms with Crippen molar-refractivity contribution in [2.24, 2.45) is 0 Å². The van der Waals surface area contributed by atoms with Gasteiger partial charge in [-0.05, 0) is 19.9 Å². The molecular weight excluding hydrogens is 276 g/mol. The molecule has 1 aromatic heterocycles. The van der Waals surface area contributed by atoms with E-state index in [-0.39, 0.29) is 17.5 Å². The first-order valence-corrected chi connectivity index (χ1v) is 8.82. The highest BCUT2D eigenvalue weighted by Gasteiger charge is 2.29. The lowest BCUT2D eigenvalue weighted by atomic mass is 10.3. The molecule has 2 heterocycles. The van der Waals surface area contributed by atoms with E-state index in [0.29, 0.717) is 13.1 Å². The van der Waals surface area contributed by atoms with Gasteiger partial charge in [0.2, 0.25) is 0 Å². The summed E-state index contributed by atoms with van der Waals surface area (Å²) in [5.41, 5.74) is 0.886. The number of nitrogens with zero attached hydrogens (tertiary/aromatic N) is 3. The summed E-state index contributed by atoms with van der Waals surface area (Å²) in [6.45, 7) is 6.16. The first kappa shape index (κ1) is 15.2. The van der Waals surface area contributed by atoms with Crippen LogP contribution < -0.4 is 10.2 Å². The summed E-state index contributed by atoms with van der Waals surface area (Å²) in [6.07, 6.45) is 4.53. The van der Waals surface area contributed by atoms with E-state index in [1.807, 2.05) is 11.8 Å². The number of rotatable bonds is 5. The predicted molar refractivity (Wildman–Crippen MR) is 79.5 cm³/mol. The van der Waals surface area contributed by atoms with E-state index in [1.54, 1.807) is 12.4 Å². The third-order valence-electron chi connectivity index (χ3n) is 3.37. The quantitative estimate of drug-likeness (QED) is 0.802. The van der Waals surface area contributed by atoms with Crippen LogP contribution in [0.5, 0.6) is 0 Å². The molecule has 2 rings (SSSR count). The van der Waals surface area contributed by atoms with Crippen molar-refractivity contribution < 1.29 is 8.42 Å². The van der Waals surface area contributed by atoms with Crippen LogP contribution in [0.15, 0.2) is 12.4 Å². The summed E-state index contributed by atoms with van der Waals surface area (Å²) in [7, 11) is -2.90. The Bertz CT molecular complexity index is 547. The van der Waals surface area contributed by atoms with Gasteiger partial charge >= 0.3 is 0 Å². The normalized spacial score (nSPS) is 21.9. The molecule has 0 aromatic carbocycles. The van der Waals surface area contributed by atoms with E-state index < -0.39 is 9.84 Å². The van der Waals surface area contributed by atoms with Gasteiger partial charge in [-0.3, -0.25) is 4.98 Å². The Kier molecular flexibility index (Phi) is 4.93. The maximum Gasteiger partial charge on any atom is 0.154 e. The molecular formula is C13H22N4O2S. The summed E-state index contributed by atoms with van der Waals surface area (Å²) in [5.74, 6) is 1.15. The third-order valence-corrected chi connectivity index (χ3v) is 5.16. The highest BCUT2D eigenvalue weighted by molar-refractivity contribution is 7.91. The van der Waals surface area contributed by atoms with Crippen molar-refractivity contribution >= 4 is 15.7 Å². The van der Waals surface area contributed by atoms with Crippen LogP contribution in [0.1, 0.15) is 26.0 Å². The fourth-order valence-corrected chi connectivity index (χ4v) is 3.91. The van der Waals surface area contributed by atoms with Crippen LogP contribution >= 0.6 is 0 Å². The molecule has 1 aromatic rings. The molecule has 1 aliphatic heterocycles. The average Bonchev–Trinajstić information content (AvgIpc) is 2.38. The van der Waals surface area contributed by atoms with Crippen molar-refractivity contribution in [1.29, 1.82) is 0 Å². The van der Waals surface area contributed by atoms with Crippen molar-refractivity contribution in [3.8, 4) is 0 Å². The first-order chi connectivity index (χ1) is 9.52. The lowest BCUT2D eigenvalue weighted by molar-refractivity contribution is 0.566. The molecule has 6 nitrogen and oxygen atoms in total. The molecule has 20 heavy (non-hydrogen) atoms. The van der Waals surface area contributed by atoms with Gasteiger partial charge < -0.3 is 10.2 Å². The number of hydrogen-bond donors (Lipinski definition) is 1. The zero-order valence-electron chi connectivity index (χ0n) is 12.0. The molecule has 1 saturated heterocycles. The standard InChI is InChI=1S/C13H22N4O2S/c1-3-4-14-7-12-8-15-9-13(16-12)17-5-6-20(18,19)10-11(17)2/h8-9,11,14H,3-7,10H2,1-2H3. The molecule has 0 radical (unpaired) electrons. The Morgan fingerprint density at radius 2 is 2.25 bits per heavy atom. The maximum absolute atomic E-state index is 11.6. The number of hydrogen-bond acceptors (Lipinski definition) is 6. The number of aromatic nitrogens is 2. The van der Waals surface area contributed by atoms with Gasteiger partial charge in [-0.2, -0.15) is 0 Å². The smallest absolute Gasteiger partial charge is 0.154 e. The maximum atomic E-state index is 11.6. The molecule has 112 valence electrons. The topological polar surface area (TPSA) is 75.2 Å². The van der Waals surface area contributed by atoms with Crippen LogP contribution in [0.3, 0.4) is 0 Å². The summed E-state index contributed by atoms with van der Waals surface area (Å²) < 4.78 is 23.2. The second-order valence-electron chi connectivity index (χ2n) is 5.20. The van der Waals surface area contributed by atoms with Gasteiger partial charge in [0.1, 0.15) is 5.82 Å². The fraction of sp³-hybridized carbons (Fsp3) is 0.692. The van der Waals surface area contributed by atoms with Crippen molar-refractivity contribution in [3.05, 3.63) is 18.1 Å². The van der Waals surface area contributed by atoms with E-state index >= 15 is 0 Å². The molecule has 1 unspecified atom stereocenters. The molecule has 0 spiro atoms. The van der Waals surface area contributed by atoms with Gasteiger partial charge in [-0.15, -0.1) is 0 Å². The Morgan fingerprint density at radius 1 is 1.45 bits per heavy atom. The number of sulfone groups is 1. The van der Waals surface area contributed by atoms with Crippen LogP contribution in [-0.2, 0) is 16.4 Å². The van der Waals surface area contributed by atoms with Crippen LogP contribution in [0.2, 0.25) is 0 Å². The number of nitrogens with one attached hydrogen (secondary N) is 1. The Hall–Kier alpha value is -1.21. The summed E-state index contributed by atoms with van der Waals surface area (Å²) >= 11 is 0. The summed E-state index contributed by atoms with van der Waals surface area (Å²) in [4.78, 5) is 10.8. The molecule has 0 saturated carbocycles. The lowest BCUT2D eigenvalue weighted by Crippen LogP contribution is -2.47. The van der Waals surface area contributed by atoms with E-state index in [4.69, 9.17) is 0 Å². The third kappa shape index (κ3) is 3.89. The minimum absolute atomic E-state index is 0.0538. The highest BCUT2D eigenvalue weighted by Crippen LogP contribution is 2.18. The number of anilines is 1. The van der Waals surface area contributed by atoms with Gasteiger partial charge in [-0.25, -0.2) is 13.4 Å².